The van der Waals surface area contributed by atoms with Crippen molar-refractivity contribution in [3.63, 3.8) is 0 Å². The van der Waals surface area contributed by atoms with Crippen LogP contribution in [0.4, 0.5) is 0 Å². The van der Waals surface area contributed by atoms with Crippen LogP contribution in [0.25, 0.3) is 0 Å². The van der Waals surface area contributed by atoms with Crippen molar-refractivity contribution in [1.82, 2.24) is 0 Å². The van der Waals surface area contributed by atoms with E-state index in [1.54, 1.807) is 6.92 Å². The molecule has 0 bridgehead atoms. The largest absolute Gasteiger partial charge is 0.507 e. The van der Waals surface area contributed by atoms with Gasteiger partial charge in [0.15, 0.2) is 0 Å². The summed E-state index contributed by atoms with van der Waals surface area (Å²) in [6, 6.07) is 2.82. The topological polar surface area (TPSA) is 66.8 Å². The van der Waals surface area contributed by atoms with Crippen molar-refractivity contribution < 1.29 is 19.7 Å². The zero-order valence-corrected chi connectivity index (χ0v) is 7.37. The number of aromatic carboxylic acids is 1. The Bertz CT molecular complexity index is 344. The number of ether oxygens (including phenoxy) is 1. The molecule has 1 aromatic carbocycles. The van der Waals surface area contributed by atoms with Crippen molar-refractivity contribution in [2.24, 2.45) is 0 Å². The monoisotopic (exact) mass is 182 g/mol. The van der Waals surface area contributed by atoms with Crippen molar-refractivity contribution in [3.05, 3.63) is 23.3 Å². The zero-order chi connectivity index (χ0) is 10.0. The van der Waals surface area contributed by atoms with Gasteiger partial charge in [-0.05, 0) is 19.1 Å². The summed E-state index contributed by atoms with van der Waals surface area (Å²) in [6.45, 7) is 1.60. The fraction of sp³-hybridized carbons (Fsp3) is 0.222. The molecule has 0 aliphatic rings. The summed E-state index contributed by atoms with van der Waals surface area (Å²) < 4.78 is 4.91. The highest BCUT2D eigenvalue weighted by Crippen LogP contribution is 2.29. The van der Waals surface area contributed by atoms with Gasteiger partial charge in [-0.3, -0.25) is 0 Å². The minimum Gasteiger partial charge on any atom is -0.507 e. The fourth-order valence-electron chi connectivity index (χ4n) is 1.08. The SMILES string of the molecule is COc1ccc(C(=O)O)c(O)c1C. The second-order valence-corrected chi connectivity index (χ2v) is 2.59. The van der Waals surface area contributed by atoms with Gasteiger partial charge in [0.25, 0.3) is 0 Å². The Morgan fingerprint density at radius 1 is 1.46 bits per heavy atom. The molecular formula is C9H10O4. The first-order chi connectivity index (χ1) is 6.07. The van der Waals surface area contributed by atoms with Gasteiger partial charge in [-0.25, -0.2) is 4.79 Å². The minimum atomic E-state index is -1.15. The van der Waals surface area contributed by atoms with Gasteiger partial charge in [-0.1, -0.05) is 0 Å². The van der Waals surface area contributed by atoms with Crippen molar-refractivity contribution in [3.8, 4) is 11.5 Å². The Morgan fingerprint density at radius 2 is 2.08 bits per heavy atom. The van der Waals surface area contributed by atoms with Crippen LogP contribution in [0.5, 0.6) is 11.5 Å². The summed E-state index contributed by atoms with van der Waals surface area (Å²) in [5.41, 5.74) is 0.320. The summed E-state index contributed by atoms with van der Waals surface area (Å²) in [4.78, 5) is 10.6. The number of rotatable bonds is 2. The van der Waals surface area contributed by atoms with Gasteiger partial charge in [-0.2, -0.15) is 0 Å². The third kappa shape index (κ3) is 1.56. The number of carboxylic acid groups (broad SMARTS) is 1. The average molecular weight is 182 g/mol. The van der Waals surface area contributed by atoms with Crippen LogP contribution in [0.3, 0.4) is 0 Å². The summed E-state index contributed by atoms with van der Waals surface area (Å²) in [6.07, 6.45) is 0. The molecule has 0 radical (unpaired) electrons. The number of carboxylic acids is 1. The smallest absolute Gasteiger partial charge is 0.339 e. The normalized spacial score (nSPS) is 9.69. The third-order valence-electron chi connectivity index (χ3n) is 1.83. The molecule has 0 unspecified atom stereocenters. The lowest BCUT2D eigenvalue weighted by molar-refractivity contribution is 0.0693. The van der Waals surface area contributed by atoms with E-state index in [1.165, 1.54) is 19.2 Å². The number of hydrogen-bond acceptors (Lipinski definition) is 3. The van der Waals surface area contributed by atoms with E-state index in [-0.39, 0.29) is 11.3 Å². The van der Waals surface area contributed by atoms with Gasteiger partial charge in [-0.15, -0.1) is 0 Å². The maximum Gasteiger partial charge on any atom is 0.339 e. The van der Waals surface area contributed by atoms with Crippen LogP contribution >= 0.6 is 0 Å². The maximum absolute atomic E-state index is 10.6. The molecule has 0 atom stereocenters. The van der Waals surface area contributed by atoms with E-state index in [0.29, 0.717) is 11.3 Å². The Kier molecular flexibility index (Phi) is 2.41. The molecule has 0 amide bonds. The molecule has 0 aliphatic heterocycles. The second kappa shape index (κ2) is 3.35. The number of phenols is 1. The lowest BCUT2D eigenvalue weighted by Gasteiger charge is -2.07. The van der Waals surface area contributed by atoms with Crippen LogP contribution < -0.4 is 4.74 Å². The molecule has 0 fully saturated rings. The molecule has 0 aliphatic carbocycles. The fourth-order valence-corrected chi connectivity index (χ4v) is 1.08. The molecule has 13 heavy (non-hydrogen) atoms. The van der Waals surface area contributed by atoms with Crippen molar-refractivity contribution in [2.45, 2.75) is 6.92 Å². The second-order valence-electron chi connectivity index (χ2n) is 2.59. The van der Waals surface area contributed by atoms with Crippen LogP contribution in [-0.2, 0) is 0 Å². The minimum absolute atomic E-state index is 0.113. The maximum atomic E-state index is 10.6. The van der Waals surface area contributed by atoms with Gasteiger partial charge < -0.3 is 14.9 Å². The average Bonchev–Trinajstić information content (AvgIpc) is 2.09. The predicted molar refractivity (Wildman–Crippen MR) is 46.4 cm³/mol. The zero-order valence-electron chi connectivity index (χ0n) is 7.37. The molecule has 0 saturated heterocycles. The molecule has 1 rings (SSSR count). The van der Waals surface area contributed by atoms with Crippen LogP contribution in [0.1, 0.15) is 15.9 Å². The van der Waals surface area contributed by atoms with Crippen molar-refractivity contribution in [2.75, 3.05) is 7.11 Å². The summed E-state index contributed by atoms with van der Waals surface area (Å²) in [7, 11) is 1.46. The van der Waals surface area contributed by atoms with E-state index in [2.05, 4.69) is 0 Å². The molecule has 4 heteroatoms. The van der Waals surface area contributed by atoms with E-state index < -0.39 is 5.97 Å². The van der Waals surface area contributed by atoms with Crippen LogP contribution in [-0.4, -0.2) is 23.3 Å². The standard InChI is InChI=1S/C9H10O4/c1-5-7(13-2)4-3-6(8(5)10)9(11)12/h3-4,10H,1-2H3,(H,11,12). The Morgan fingerprint density at radius 3 is 2.54 bits per heavy atom. The summed E-state index contributed by atoms with van der Waals surface area (Å²) in [5, 5.41) is 18.1. The first-order valence-electron chi connectivity index (χ1n) is 3.67. The highest BCUT2D eigenvalue weighted by molar-refractivity contribution is 5.91. The Balaban J connectivity index is 3.31. The number of methoxy groups -OCH3 is 1. The van der Waals surface area contributed by atoms with Crippen LogP contribution in [0.15, 0.2) is 12.1 Å². The number of carbonyl (C=O) groups is 1. The summed E-state index contributed by atoms with van der Waals surface area (Å²) >= 11 is 0. The van der Waals surface area contributed by atoms with Crippen LogP contribution in [0, 0.1) is 6.92 Å². The van der Waals surface area contributed by atoms with Gasteiger partial charge in [0.1, 0.15) is 17.1 Å². The van der Waals surface area contributed by atoms with Gasteiger partial charge in [0.2, 0.25) is 0 Å². The van der Waals surface area contributed by atoms with E-state index in [1.807, 2.05) is 0 Å². The third-order valence-corrected chi connectivity index (χ3v) is 1.83. The molecule has 4 nitrogen and oxygen atoms in total. The van der Waals surface area contributed by atoms with E-state index in [9.17, 15) is 9.90 Å². The molecule has 0 spiro atoms. The summed E-state index contributed by atoms with van der Waals surface area (Å²) in [5.74, 6) is -0.919. The molecule has 0 aromatic heterocycles. The lowest BCUT2D eigenvalue weighted by atomic mass is 10.1. The molecule has 0 saturated carbocycles. The first kappa shape index (κ1) is 9.38. The quantitative estimate of drug-likeness (QED) is 0.725. The van der Waals surface area contributed by atoms with E-state index in [0.717, 1.165) is 0 Å². The van der Waals surface area contributed by atoms with Crippen LogP contribution in [0.2, 0.25) is 0 Å². The predicted octanol–water partition coefficient (Wildman–Crippen LogP) is 1.41. The van der Waals surface area contributed by atoms with Crippen molar-refractivity contribution in [1.29, 1.82) is 0 Å². The molecule has 0 heterocycles. The lowest BCUT2D eigenvalue weighted by Crippen LogP contribution is -1.99. The highest BCUT2D eigenvalue weighted by Gasteiger charge is 2.13. The number of hydrogen-bond donors (Lipinski definition) is 2. The Hall–Kier alpha value is -1.71. The molecule has 2 N–H and O–H groups in total. The Labute approximate surface area is 75.4 Å². The van der Waals surface area contributed by atoms with E-state index in [4.69, 9.17) is 9.84 Å². The molecule has 70 valence electrons. The van der Waals surface area contributed by atoms with Crippen molar-refractivity contribution >= 4 is 5.97 Å². The number of benzene rings is 1. The molecule has 1 aromatic rings. The first-order valence-corrected chi connectivity index (χ1v) is 3.67. The van der Waals surface area contributed by atoms with Gasteiger partial charge in [0.05, 0.1) is 7.11 Å². The van der Waals surface area contributed by atoms with Gasteiger partial charge in [0, 0.05) is 5.56 Å². The number of aromatic hydroxyl groups is 1. The molecular weight excluding hydrogens is 172 g/mol. The van der Waals surface area contributed by atoms with Gasteiger partial charge >= 0.3 is 5.97 Å². The van der Waals surface area contributed by atoms with E-state index >= 15 is 0 Å². The highest BCUT2D eigenvalue weighted by atomic mass is 16.5.